The van der Waals surface area contributed by atoms with Crippen molar-refractivity contribution in [1.82, 2.24) is 0 Å². The van der Waals surface area contributed by atoms with E-state index in [1.807, 2.05) is 0 Å². The van der Waals surface area contributed by atoms with Crippen molar-refractivity contribution in [3.05, 3.63) is 169 Å². The quantitative estimate of drug-likeness (QED) is 0.106. The summed E-state index contributed by atoms with van der Waals surface area (Å²) in [6.07, 6.45) is 7.05. The van der Waals surface area contributed by atoms with Gasteiger partial charge in [0.25, 0.3) is 0 Å². The lowest BCUT2D eigenvalue weighted by Crippen LogP contribution is -2.20. The molecule has 0 aliphatic rings. The van der Waals surface area contributed by atoms with Gasteiger partial charge >= 0.3 is 0 Å². The molecule has 0 aliphatic carbocycles. The molecule has 266 valence electrons. The molecule has 2 nitrogen and oxygen atoms in total. The average molecular weight is 685 g/mol. The van der Waals surface area contributed by atoms with Crippen LogP contribution in [0.1, 0.15) is 91.2 Å². The molecule has 0 radical (unpaired) electrons. The number of para-hydroxylation sites is 2. The lowest BCUT2D eigenvalue weighted by molar-refractivity contribution is 0.414. The summed E-state index contributed by atoms with van der Waals surface area (Å²) >= 11 is 0. The Kier molecular flexibility index (Phi) is 11.7. The van der Waals surface area contributed by atoms with Gasteiger partial charge in [-0.15, -0.1) is 0 Å². The second kappa shape index (κ2) is 16.5. The Hall–Kier alpha value is -5.08. The first-order chi connectivity index (χ1) is 25.3. The first-order valence-electron chi connectivity index (χ1n) is 19.4. The van der Waals surface area contributed by atoms with Crippen LogP contribution in [0.2, 0.25) is 0 Å². The highest BCUT2D eigenvalue weighted by Crippen LogP contribution is 2.41. The standard InChI is InChI=1S/C50H56N2/c1-7-37-49(5,9-3)41-25-33-47(34-26-41)51(43-17-13-11-14-18-43)45-29-21-39(22-30-45)40-23-31-46(32-24-40)52(44-19-15-12-16-20-44)48-35-27-42(28-36-48)50(6,10-4)38-8-2/h11-36H,7-10,37-38H2,1-6H3. The molecule has 0 N–H and O–H groups in total. The van der Waals surface area contributed by atoms with E-state index < -0.39 is 0 Å². The normalized spacial score (nSPS) is 13.6. The SMILES string of the molecule is CCCC(C)(CC)c1ccc(N(c2ccccc2)c2ccc(-c3ccc(N(c4ccccc4)c4ccc(C(C)(CC)CCC)cc4)cc3)cc2)cc1. The van der Waals surface area contributed by atoms with Gasteiger partial charge in [-0.2, -0.15) is 0 Å². The fraction of sp³-hybridized carbons (Fsp3) is 0.280. The van der Waals surface area contributed by atoms with Gasteiger partial charge in [0.15, 0.2) is 0 Å². The lowest BCUT2D eigenvalue weighted by Gasteiger charge is -2.30. The molecule has 0 fully saturated rings. The molecule has 2 unspecified atom stereocenters. The first kappa shape index (κ1) is 36.7. The largest absolute Gasteiger partial charge is 0.311 e. The predicted molar refractivity (Wildman–Crippen MR) is 226 cm³/mol. The van der Waals surface area contributed by atoms with Gasteiger partial charge in [0.05, 0.1) is 0 Å². The maximum absolute atomic E-state index is 2.40. The molecule has 0 saturated carbocycles. The van der Waals surface area contributed by atoms with E-state index in [2.05, 4.69) is 209 Å². The van der Waals surface area contributed by atoms with Crippen LogP contribution in [0.15, 0.2) is 158 Å². The van der Waals surface area contributed by atoms with E-state index in [0.29, 0.717) is 0 Å². The number of anilines is 6. The zero-order valence-corrected chi connectivity index (χ0v) is 32.1. The maximum atomic E-state index is 2.40. The Morgan fingerprint density at radius 1 is 0.346 bits per heavy atom. The molecule has 0 aliphatic heterocycles. The highest BCUT2D eigenvalue weighted by molar-refractivity contribution is 5.80. The number of hydrogen-bond donors (Lipinski definition) is 0. The highest BCUT2D eigenvalue weighted by Gasteiger charge is 2.25. The zero-order valence-electron chi connectivity index (χ0n) is 32.1. The van der Waals surface area contributed by atoms with E-state index >= 15 is 0 Å². The lowest BCUT2D eigenvalue weighted by atomic mass is 9.76. The van der Waals surface area contributed by atoms with Gasteiger partial charge in [-0.25, -0.2) is 0 Å². The summed E-state index contributed by atoms with van der Waals surface area (Å²) in [5.41, 5.74) is 12.6. The minimum atomic E-state index is 0.204. The zero-order chi connectivity index (χ0) is 36.6. The molecule has 0 spiro atoms. The van der Waals surface area contributed by atoms with Gasteiger partial charge in [0, 0.05) is 34.1 Å². The van der Waals surface area contributed by atoms with Crippen molar-refractivity contribution in [3.63, 3.8) is 0 Å². The number of rotatable bonds is 15. The summed E-state index contributed by atoms with van der Waals surface area (Å²) in [4.78, 5) is 4.71. The molecule has 6 rings (SSSR count). The van der Waals surface area contributed by atoms with E-state index in [1.165, 1.54) is 59.3 Å². The third-order valence-electron chi connectivity index (χ3n) is 11.4. The molecular formula is C50H56N2. The van der Waals surface area contributed by atoms with Crippen molar-refractivity contribution in [1.29, 1.82) is 0 Å². The summed E-state index contributed by atoms with van der Waals surface area (Å²) in [5.74, 6) is 0. The molecule has 6 aromatic rings. The summed E-state index contributed by atoms with van der Waals surface area (Å²) in [7, 11) is 0. The minimum Gasteiger partial charge on any atom is -0.311 e. The summed E-state index contributed by atoms with van der Waals surface area (Å²) in [5, 5.41) is 0. The van der Waals surface area contributed by atoms with Crippen molar-refractivity contribution in [2.75, 3.05) is 9.80 Å². The molecule has 2 heteroatoms. The van der Waals surface area contributed by atoms with Gasteiger partial charge in [-0.3, -0.25) is 0 Å². The minimum absolute atomic E-state index is 0.204. The van der Waals surface area contributed by atoms with Gasteiger partial charge in [-0.05, 0) is 132 Å². The Labute approximate surface area is 313 Å². The summed E-state index contributed by atoms with van der Waals surface area (Å²) in [6, 6.07) is 57.9. The Morgan fingerprint density at radius 2 is 0.615 bits per heavy atom. The van der Waals surface area contributed by atoms with Crippen LogP contribution < -0.4 is 9.80 Å². The molecule has 0 amide bonds. The second-order valence-electron chi connectivity index (χ2n) is 14.9. The predicted octanol–water partition coefficient (Wildman–Crippen LogP) is 15.2. The second-order valence-corrected chi connectivity index (χ2v) is 14.9. The fourth-order valence-corrected chi connectivity index (χ4v) is 7.83. The van der Waals surface area contributed by atoms with E-state index in [-0.39, 0.29) is 10.8 Å². The Balaban J connectivity index is 1.28. The van der Waals surface area contributed by atoms with Crippen molar-refractivity contribution < 1.29 is 0 Å². The van der Waals surface area contributed by atoms with Crippen LogP contribution in [-0.2, 0) is 10.8 Å². The topological polar surface area (TPSA) is 6.48 Å². The maximum Gasteiger partial charge on any atom is 0.0462 e. The molecular weight excluding hydrogens is 629 g/mol. The van der Waals surface area contributed by atoms with Crippen LogP contribution in [0.4, 0.5) is 34.1 Å². The molecule has 6 aromatic carbocycles. The van der Waals surface area contributed by atoms with Gasteiger partial charge in [0.2, 0.25) is 0 Å². The smallest absolute Gasteiger partial charge is 0.0462 e. The molecule has 52 heavy (non-hydrogen) atoms. The van der Waals surface area contributed by atoms with Gasteiger partial charge < -0.3 is 9.80 Å². The number of benzene rings is 6. The van der Waals surface area contributed by atoms with Crippen molar-refractivity contribution in [3.8, 4) is 11.1 Å². The summed E-state index contributed by atoms with van der Waals surface area (Å²) < 4.78 is 0. The van der Waals surface area contributed by atoms with E-state index in [9.17, 15) is 0 Å². The number of nitrogens with zero attached hydrogens (tertiary/aromatic N) is 2. The van der Waals surface area contributed by atoms with Crippen molar-refractivity contribution in [2.45, 2.75) is 90.9 Å². The van der Waals surface area contributed by atoms with E-state index in [0.717, 1.165) is 35.6 Å². The third kappa shape index (κ3) is 7.87. The van der Waals surface area contributed by atoms with E-state index in [4.69, 9.17) is 0 Å². The molecule has 0 saturated heterocycles. The molecule has 0 aromatic heterocycles. The Bertz CT molecular complexity index is 1820. The van der Waals surface area contributed by atoms with Gasteiger partial charge in [0.1, 0.15) is 0 Å². The van der Waals surface area contributed by atoms with Crippen LogP contribution in [0.25, 0.3) is 11.1 Å². The van der Waals surface area contributed by atoms with Crippen LogP contribution in [0.3, 0.4) is 0 Å². The van der Waals surface area contributed by atoms with E-state index in [1.54, 1.807) is 0 Å². The Morgan fingerprint density at radius 3 is 0.885 bits per heavy atom. The molecule has 0 bridgehead atoms. The van der Waals surface area contributed by atoms with Crippen LogP contribution in [0.5, 0.6) is 0 Å². The average Bonchev–Trinajstić information content (AvgIpc) is 3.20. The highest BCUT2D eigenvalue weighted by atomic mass is 15.1. The fourth-order valence-electron chi connectivity index (χ4n) is 7.83. The molecule has 2 atom stereocenters. The first-order valence-corrected chi connectivity index (χ1v) is 19.4. The monoisotopic (exact) mass is 684 g/mol. The van der Waals surface area contributed by atoms with Crippen molar-refractivity contribution >= 4 is 34.1 Å². The van der Waals surface area contributed by atoms with Gasteiger partial charge in [-0.1, -0.05) is 139 Å². The summed E-state index contributed by atoms with van der Waals surface area (Å²) in [6.45, 7) is 14.0. The van der Waals surface area contributed by atoms with Crippen molar-refractivity contribution in [2.24, 2.45) is 0 Å². The third-order valence-corrected chi connectivity index (χ3v) is 11.4. The van der Waals surface area contributed by atoms with Crippen LogP contribution in [-0.4, -0.2) is 0 Å². The van der Waals surface area contributed by atoms with Crippen LogP contribution >= 0.6 is 0 Å². The number of hydrogen-bond acceptors (Lipinski definition) is 2. The molecule has 0 heterocycles. The van der Waals surface area contributed by atoms with Crippen LogP contribution in [0, 0.1) is 0 Å².